The fraction of sp³-hybridized carbons (Fsp3) is 1.00. The van der Waals surface area contributed by atoms with Crippen LogP contribution >= 0.6 is 0 Å². The lowest BCUT2D eigenvalue weighted by Gasteiger charge is -2.37. The SMILES string of the molecule is CN1CCO[C@H](COC(C)(C)CCN2CCO[C@@H](COC(C)(C)C)C2)C1. The molecule has 0 spiro atoms. The first-order valence-corrected chi connectivity index (χ1v) is 10.0. The average molecular weight is 373 g/mol. The van der Waals surface area contributed by atoms with Gasteiger partial charge in [0.05, 0.1) is 49.8 Å². The van der Waals surface area contributed by atoms with E-state index in [9.17, 15) is 0 Å². The summed E-state index contributed by atoms with van der Waals surface area (Å²) in [6, 6.07) is 0. The summed E-state index contributed by atoms with van der Waals surface area (Å²) in [6.07, 6.45) is 1.36. The van der Waals surface area contributed by atoms with Crippen LogP contribution in [0.1, 0.15) is 41.0 Å². The fourth-order valence-electron chi connectivity index (χ4n) is 3.21. The molecule has 0 aromatic rings. The molecule has 0 radical (unpaired) electrons. The third-order valence-electron chi connectivity index (χ3n) is 4.96. The van der Waals surface area contributed by atoms with Gasteiger partial charge in [-0.3, -0.25) is 4.90 Å². The van der Waals surface area contributed by atoms with E-state index in [1.807, 2.05) is 0 Å². The highest BCUT2D eigenvalue weighted by Gasteiger charge is 2.27. The molecule has 0 unspecified atom stereocenters. The third-order valence-corrected chi connectivity index (χ3v) is 4.96. The van der Waals surface area contributed by atoms with Crippen LogP contribution in [-0.2, 0) is 18.9 Å². The minimum atomic E-state index is -0.144. The van der Waals surface area contributed by atoms with Crippen molar-refractivity contribution in [2.24, 2.45) is 0 Å². The van der Waals surface area contributed by atoms with Crippen LogP contribution in [0.25, 0.3) is 0 Å². The molecule has 2 rings (SSSR count). The van der Waals surface area contributed by atoms with Crippen LogP contribution in [0.5, 0.6) is 0 Å². The van der Waals surface area contributed by atoms with Gasteiger partial charge in [-0.25, -0.2) is 0 Å². The van der Waals surface area contributed by atoms with Crippen molar-refractivity contribution in [2.45, 2.75) is 64.4 Å². The molecular formula is C20H40N2O4. The van der Waals surface area contributed by atoms with E-state index < -0.39 is 0 Å². The Balaban J connectivity index is 1.67. The van der Waals surface area contributed by atoms with Crippen LogP contribution < -0.4 is 0 Å². The first kappa shape index (κ1) is 22.1. The molecule has 0 aliphatic carbocycles. The molecular weight excluding hydrogens is 332 g/mol. The fourth-order valence-corrected chi connectivity index (χ4v) is 3.21. The number of hydrogen-bond donors (Lipinski definition) is 0. The van der Waals surface area contributed by atoms with Crippen LogP contribution in [0.2, 0.25) is 0 Å². The predicted octanol–water partition coefficient (Wildman–Crippen LogP) is 2.02. The van der Waals surface area contributed by atoms with Crippen molar-refractivity contribution in [1.29, 1.82) is 0 Å². The van der Waals surface area contributed by atoms with Gasteiger partial charge in [0.15, 0.2) is 0 Å². The van der Waals surface area contributed by atoms with E-state index >= 15 is 0 Å². The van der Waals surface area contributed by atoms with E-state index in [2.05, 4.69) is 51.5 Å². The summed E-state index contributed by atoms with van der Waals surface area (Å²) in [4.78, 5) is 4.77. The van der Waals surface area contributed by atoms with E-state index in [0.29, 0.717) is 13.2 Å². The second kappa shape index (κ2) is 9.80. The van der Waals surface area contributed by atoms with E-state index in [0.717, 1.165) is 52.4 Å². The van der Waals surface area contributed by atoms with Crippen LogP contribution in [-0.4, -0.2) is 99.4 Å². The number of nitrogens with zero attached hydrogens (tertiary/aromatic N) is 2. The molecule has 2 atom stereocenters. The Hall–Kier alpha value is -0.240. The monoisotopic (exact) mass is 372 g/mol. The Labute approximate surface area is 160 Å². The average Bonchev–Trinajstić information content (AvgIpc) is 2.57. The maximum Gasteiger partial charge on any atom is 0.0935 e. The van der Waals surface area contributed by atoms with Crippen molar-refractivity contribution >= 4 is 0 Å². The topological polar surface area (TPSA) is 43.4 Å². The molecule has 0 N–H and O–H groups in total. The summed E-state index contributed by atoms with van der Waals surface area (Å²) in [5.74, 6) is 0. The summed E-state index contributed by atoms with van der Waals surface area (Å²) in [5, 5.41) is 0. The predicted molar refractivity (Wildman–Crippen MR) is 104 cm³/mol. The highest BCUT2D eigenvalue weighted by Crippen LogP contribution is 2.19. The van der Waals surface area contributed by atoms with Crippen LogP contribution in [0, 0.1) is 0 Å². The molecule has 2 aliphatic heterocycles. The molecule has 2 heterocycles. The third kappa shape index (κ3) is 8.63. The van der Waals surface area contributed by atoms with Crippen molar-refractivity contribution < 1.29 is 18.9 Å². The zero-order valence-corrected chi connectivity index (χ0v) is 17.8. The van der Waals surface area contributed by atoms with Gasteiger partial charge in [0.1, 0.15) is 0 Å². The molecule has 6 nitrogen and oxygen atoms in total. The van der Waals surface area contributed by atoms with Crippen LogP contribution in [0.3, 0.4) is 0 Å². The first-order valence-electron chi connectivity index (χ1n) is 10.0. The molecule has 154 valence electrons. The van der Waals surface area contributed by atoms with Gasteiger partial charge >= 0.3 is 0 Å². The van der Waals surface area contributed by atoms with Gasteiger partial charge in [-0.2, -0.15) is 0 Å². The Bertz CT molecular complexity index is 411. The Morgan fingerprint density at radius 2 is 1.50 bits per heavy atom. The zero-order chi connectivity index (χ0) is 19.2. The number of ether oxygens (including phenoxy) is 4. The van der Waals surface area contributed by atoms with E-state index in [1.165, 1.54) is 0 Å². The van der Waals surface area contributed by atoms with Crippen molar-refractivity contribution in [2.75, 3.05) is 66.2 Å². The molecule has 2 fully saturated rings. The lowest BCUT2D eigenvalue weighted by molar-refractivity contribution is -0.118. The Morgan fingerprint density at radius 3 is 2.15 bits per heavy atom. The van der Waals surface area contributed by atoms with Crippen LogP contribution in [0.4, 0.5) is 0 Å². The second-order valence-electron chi connectivity index (χ2n) is 9.29. The van der Waals surface area contributed by atoms with Gasteiger partial charge in [-0.05, 0) is 48.1 Å². The second-order valence-corrected chi connectivity index (χ2v) is 9.29. The Kier molecular flexibility index (Phi) is 8.32. The first-order chi connectivity index (χ1) is 12.1. The summed E-state index contributed by atoms with van der Waals surface area (Å²) < 4.78 is 23.7. The molecule has 2 aliphatic rings. The minimum absolute atomic E-state index is 0.114. The number of hydrogen-bond acceptors (Lipinski definition) is 6. The van der Waals surface area contributed by atoms with Crippen molar-refractivity contribution in [1.82, 2.24) is 9.80 Å². The molecule has 0 saturated carbocycles. The summed E-state index contributed by atoms with van der Waals surface area (Å²) >= 11 is 0. The lowest BCUT2D eigenvalue weighted by atomic mass is 10.0. The molecule has 0 bridgehead atoms. The normalized spacial score (nSPS) is 27.0. The van der Waals surface area contributed by atoms with Crippen LogP contribution in [0.15, 0.2) is 0 Å². The summed E-state index contributed by atoms with van der Waals surface area (Å²) in [5.41, 5.74) is -0.258. The summed E-state index contributed by atoms with van der Waals surface area (Å²) in [6.45, 7) is 18.4. The van der Waals surface area contributed by atoms with Crippen molar-refractivity contribution in [3.05, 3.63) is 0 Å². The Morgan fingerprint density at radius 1 is 0.885 bits per heavy atom. The van der Waals surface area contributed by atoms with Gasteiger partial charge in [-0.1, -0.05) is 0 Å². The molecule has 26 heavy (non-hydrogen) atoms. The standard InChI is InChI=1S/C20H40N2O4/c1-19(2,3)25-15-18-14-22(10-12-24-18)8-7-20(4,5)26-16-17-13-21(6)9-11-23-17/h17-18H,7-16H2,1-6H3/t17-,18+/m0/s1. The van der Waals surface area contributed by atoms with Crippen molar-refractivity contribution in [3.8, 4) is 0 Å². The van der Waals surface area contributed by atoms with E-state index in [-0.39, 0.29) is 23.4 Å². The molecule has 0 aromatic carbocycles. The minimum Gasteiger partial charge on any atom is -0.373 e. The number of rotatable bonds is 8. The van der Waals surface area contributed by atoms with Gasteiger partial charge in [0.2, 0.25) is 0 Å². The van der Waals surface area contributed by atoms with Crippen molar-refractivity contribution in [3.63, 3.8) is 0 Å². The smallest absolute Gasteiger partial charge is 0.0935 e. The maximum absolute atomic E-state index is 6.19. The molecule has 0 aromatic heterocycles. The highest BCUT2D eigenvalue weighted by atomic mass is 16.5. The largest absolute Gasteiger partial charge is 0.373 e. The van der Waals surface area contributed by atoms with Gasteiger partial charge in [0, 0.05) is 32.7 Å². The highest BCUT2D eigenvalue weighted by molar-refractivity contribution is 4.78. The zero-order valence-electron chi connectivity index (χ0n) is 17.8. The number of likely N-dealkylation sites (N-methyl/N-ethyl adjacent to an activating group) is 1. The van der Waals surface area contributed by atoms with Gasteiger partial charge in [0.25, 0.3) is 0 Å². The lowest BCUT2D eigenvalue weighted by Crippen LogP contribution is -2.47. The van der Waals surface area contributed by atoms with Gasteiger partial charge in [-0.15, -0.1) is 0 Å². The molecule has 0 amide bonds. The quantitative estimate of drug-likeness (QED) is 0.649. The molecule has 6 heteroatoms. The van der Waals surface area contributed by atoms with E-state index in [4.69, 9.17) is 18.9 Å². The summed E-state index contributed by atoms with van der Waals surface area (Å²) in [7, 11) is 2.14. The molecule has 2 saturated heterocycles. The van der Waals surface area contributed by atoms with Gasteiger partial charge < -0.3 is 23.8 Å². The maximum atomic E-state index is 6.19. The number of morpholine rings is 2. The van der Waals surface area contributed by atoms with E-state index in [1.54, 1.807) is 0 Å².